The number of ether oxygens (including phenoxy) is 1. The third kappa shape index (κ3) is 5.99. The molecular weight excluding hydrogens is 494 g/mol. The van der Waals surface area contributed by atoms with E-state index < -0.39 is 0 Å². The summed E-state index contributed by atoms with van der Waals surface area (Å²) in [5.41, 5.74) is 4.52. The second-order valence-electron chi connectivity index (χ2n) is 6.90. The summed E-state index contributed by atoms with van der Waals surface area (Å²) in [4.78, 5) is 8.22. The molecule has 0 amide bonds. The van der Waals surface area contributed by atoms with Gasteiger partial charge in [-0.1, -0.05) is 58.0 Å². The number of nitrogens with zero attached hydrogens (tertiary/aromatic N) is 3. The predicted molar refractivity (Wildman–Crippen MR) is 146 cm³/mol. The van der Waals surface area contributed by atoms with E-state index in [9.17, 15) is 0 Å². The van der Waals surface area contributed by atoms with E-state index in [1.54, 1.807) is 11.9 Å². The Bertz CT molecular complexity index is 1120. The Morgan fingerprint density at radius 3 is 2.21 bits per heavy atom. The maximum Gasteiger partial charge on any atom is 0.151 e. The van der Waals surface area contributed by atoms with E-state index in [-0.39, 0.29) is 0 Å². The maximum absolute atomic E-state index is 5.47. The molecule has 4 nitrogen and oxygen atoms in total. The fourth-order valence-electron chi connectivity index (χ4n) is 3.59. The third-order valence-electron chi connectivity index (χ3n) is 5.09. The molecule has 0 atom stereocenters. The third-order valence-corrected chi connectivity index (χ3v) is 6.81. The zero-order valence-corrected chi connectivity index (χ0v) is 22.2. The highest BCUT2D eigenvalue weighted by atomic mass is 79.9. The molecule has 0 radical (unpaired) electrons. The van der Waals surface area contributed by atoms with Crippen LogP contribution in [0.15, 0.2) is 82.3 Å². The predicted octanol–water partition coefficient (Wildman–Crippen LogP) is 7.91. The van der Waals surface area contributed by atoms with Crippen molar-refractivity contribution in [3.05, 3.63) is 77.4 Å². The first-order valence-corrected chi connectivity index (χ1v) is 13.2. The van der Waals surface area contributed by atoms with Gasteiger partial charge in [0.2, 0.25) is 0 Å². The highest BCUT2D eigenvalue weighted by molar-refractivity contribution is 9.10. The molecule has 174 valence electrons. The van der Waals surface area contributed by atoms with Crippen LogP contribution in [-0.4, -0.2) is 35.3 Å². The summed E-state index contributed by atoms with van der Waals surface area (Å²) in [6.45, 7) is 11.5. The lowest BCUT2D eigenvalue weighted by atomic mass is 10.1. The summed E-state index contributed by atoms with van der Waals surface area (Å²) in [6.07, 6.45) is 1.85. The topological polar surface area (TPSA) is 30.3 Å². The van der Waals surface area contributed by atoms with Crippen molar-refractivity contribution in [1.29, 1.82) is 0 Å². The molecule has 4 aromatic rings. The number of benzene rings is 2. The van der Waals surface area contributed by atoms with Crippen LogP contribution in [0.4, 0.5) is 5.69 Å². The number of hydrogen-bond donors (Lipinski definition) is 0. The van der Waals surface area contributed by atoms with E-state index in [0.717, 1.165) is 47.5 Å². The molecule has 1 fully saturated rings. The zero-order chi connectivity index (χ0) is 23.6. The SMILES string of the molecule is Brc1ccnc2c1cc(-c1ccc(N3CCOCC3)cc1)n2Sc1ccccc1.CC.CC. The van der Waals surface area contributed by atoms with Gasteiger partial charge in [-0.25, -0.2) is 4.98 Å². The van der Waals surface area contributed by atoms with Crippen LogP contribution in [0.3, 0.4) is 0 Å². The van der Waals surface area contributed by atoms with Gasteiger partial charge in [-0.3, -0.25) is 3.97 Å². The molecule has 1 aliphatic rings. The number of morpholine rings is 1. The van der Waals surface area contributed by atoms with E-state index in [1.807, 2.05) is 46.0 Å². The highest BCUT2D eigenvalue weighted by Crippen LogP contribution is 2.37. The van der Waals surface area contributed by atoms with Gasteiger partial charge in [0.15, 0.2) is 5.65 Å². The smallest absolute Gasteiger partial charge is 0.151 e. The second kappa shape index (κ2) is 12.8. The number of pyridine rings is 1. The van der Waals surface area contributed by atoms with Crippen LogP contribution < -0.4 is 4.90 Å². The number of aromatic nitrogens is 2. The van der Waals surface area contributed by atoms with E-state index >= 15 is 0 Å². The molecular formula is C27H32BrN3OS. The first kappa shape index (κ1) is 25.3. The molecule has 0 saturated carbocycles. The van der Waals surface area contributed by atoms with Crippen molar-refractivity contribution in [2.24, 2.45) is 0 Å². The number of fused-ring (bicyclic) bond motifs is 1. The van der Waals surface area contributed by atoms with Crippen LogP contribution in [0.1, 0.15) is 27.7 Å². The molecule has 0 aliphatic carbocycles. The summed E-state index contributed by atoms with van der Waals surface area (Å²) >= 11 is 5.38. The van der Waals surface area contributed by atoms with Crippen molar-refractivity contribution in [3.8, 4) is 11.3 Å². The normalized spacial score (nSPS) is 13.1. The van der Waals surface area contributed by atoms with Crippen molar-refractivity contribution in [1.82, 2.24) is 8.96 Å². The monoisotopic (exact) mass is 525 g/mol. The Morgan fingerprint density at radius 2 is 1.55 bits per heavy atom. The summed E-state index contributed by atoms with van der Waals surface area (Å²) in [6, 6.07) is 23.4. The zero-order valence-electron chi connectivity index (χ0n) is 19.8. The van der Waals surface area contributed by atoms with Gasteiger partial charge in [-0.05, 0) is 69.8 Å². The number of hydrogen-bond acceptors (Lipinski definition) is 4. The minimum Gasteiger partial charge on any atom is -0.378 e. The highest BCUT2D eigenvalue weighted by Gasteiger charge is 2.16. The quantitative estimate of drug-likeness (QED) is 0.270. The number of halogens is 1. The van der Waals surface area contributed by atoms with Crippen LogP contribution in [0.5, 0.6) is 0 Å². The lowest BCUT2D eigenvalue weighted by molar-refractivity contribution is 0.122. The standard InChI is InChI=1S/C23H20BrN3OS.2C2H6/c24-21-10-11-25-23-20(21)16-22(27(23)29-19-4-2-1-3-5-19)17-6-8-18(9-7-17)26-12-14-28-15-13-26;2*1-2/h1-11,16H,12-15H2;2*1-2H3. The Labute approximate surface area is 210 Å². The molecule has 0 bridgehead atoms. The molecule has 3 heterocycles. The number of rotatable bonds is 4. The van der Waals surface area contributed by atoms with Gasteiger partial charge in [0, 0.05) is 39.7 Å². The molecule has 2 aromatic carbocycles. The first-order chi connectivity index (χ1) is 16.3. The van der Waals surface area contributed by atoms with Gasteiger partial charge in [0.05, 0.1) is 18.9 Å². The van der Waals surface area contributed by atoms with Gasteiger partial charge < -0.3 is 9.64 Å². The fourth-order valence-corrected chi connectivity index (χ4v) is 4.98. The van der Waals surface area contributed by atoms with Gasteiger partial charge in [-0.15, -0.1) is 0 Å². The molecule has 2 aromatic heterocycles. The minimum atomic E-state index is 0.795. The average Bonchev–Trinajstić information content (AvgIpc) is 3.27. The molecule has 0 unspecified atom stereocenters. The van der Waals surface area contributed by atoms with Crippen molar-refractivity contribution in [3.63, 3.8) is 0 Å². The van der Waals surface area contributed by atoms with Crippen LogP contribution >= 0.6 is 27.9 Å². The minimum absolute atomic E-state index is 0.795. The van der Waals surface area contributed by atoms with Crippen molar-refractivity contribution in [2.45, 2.75) is 32.6 Å². The first-order valence-electron chi connectivity index (χ1n) is 11.6. The summed E-state index contributed by atoms with van der Waals surface area (Å²) in [5, 5.41) is 1.11. The molecule has 1 saturated heterocycles. The molecule has 33 heavy (non-hydrogen) atoms. The molecule has 6 heteroatoms. The van der Waals surface area contributed by atoms with Gasteiger partial charge in [0.1, 0.15) is 0 Å². The molecule has 0 N–H and O–H groups in total. The van der Waals surface area contributed by atoms with Crippen LogP contribution in [0, 0.1) is 0 Å². The van der Waals surface area contributed by atoms with Gasteiger partial charge >= 0.3 is 0 Å². The van der Waals surface area contributed by atoms with Gasteiger partial charge in [-0.2, -0.15) is 0 Å². The van der Waals surface area contributed by atoms with Crippen LogP contribution in [0.25, 0.3) is 22.3 Å². The van der Waals surface area contributed by atoms with E-state index in [4.69, 9.17) is 4.74 Å². The van der Waals surface area contributed by atoms with Crippen LogP contribution in [0.2, 0.25) is 0 Å². The fraction of sp³-hybridized carbons (Fsp3) is 0.296. The second-order valence-corrected chi connectivity index (χ2v) is 8.78. The lowest BCUT2D eigenvalue weighted by Crippen LogP contribution is -2.36. The molecule has 1 aliphatic heterocycles. The van der Waals surface area contributed by atoms with Crippen molar-refractivity contribution in [2.75, 3.05) is 31.2 Å². The van der Waals surface area contributed by atoms with Gasteiger partial charge in [0.25, 0.3) is 0 Å². The average molecular weight is 527 g/mol. The summed E-state index contributed by atoms with van der Waals surface area (Å²) in [7, 11) is 0. The Balaban J connectivity index is 0.000000728. The van der Waals surface area contributed by atoms with Crippen LogP contribution in [-0.2, 0) is 4.74 Å². The Kier molecular flexibility index (Phi) is 9.85. The van der Waals surface area contributed by atoms with E-state index in [1.165, 1.54) is 16.1 Å². The summed E-state index contributed by atoms with van der Waals surface area (Å²) in [5.74, 6) is 0. The lowest BCUT2D eigenvalue weighted by Gasteiger charge is -2.28. The molecule has 5 rings (SSSR count). The Hall–Kier alpha value is -2.28. The van der Waals surface area contributed by atoms with Crippen molar-refractivity contribution >= 4 is 44.6 Å². The Morgan fingerprint density at radius 1 is 0.879 bits per heavy atom. The van der Waals surface area contributed by atoms with E-state index in [0.29, 0.717) is 0 Å². The molecule has 0 spiro atoms. The maximum atomic E-state index is 5.47. The van der Waals surface area contributed by atoms with E-state index in [2.05, 4.69) is 84.4 Å². The summed E-state index contributed by atoms with van der Waals surface area (Å²) < 4.78 is 8.75. The van der Waals surface area contributed by atoms with Crippen molar-refractivity contribution < 1.29 is 4.74 Å². The number of anilines is 1. The largest absolute Gasteiger partial charge is 0.378 e.